The van der Waals surface area contributed by atoms with Crippen LogP contribution in [0.25, 0.3) is 33.5 Å². The second-order valence-corrected chi connectivity index (χ2v) is 14.0. The second kappa shape index (κ2) is 7.88. The maximum Gasteiger partial charge on any atom is 0.140 e. The quantitative estimate of drug-likeness (QED) is 0.340. The van der Waals surface area contributed by atoms with E-state index in [0.29, 0.717) is 6.73 Å². The zero-order valence-corrected chi connectivity index (χ0v) is 18.3. The van der Waals surface area contributed by atoms with Crippen LogP contribution in [-0.2, 0) is 18.5 Å². The smallest absolute Gasteiger partial charge is 0.140 e. The molecule has 0 radical (unpaired) electrons. The summed E-state index contributed by atoms with van der Waals surface area (Å²) in [4.78, 5) is 8.85. The molecule has 4 aromatic heterocycles. The monoisotopic (exact) mass is 406 g/mol. The minimum atomic E-state index is -1.12. The fraction of sp³-hybridized carbons (Fsp3) is 0.333. The van der Waals surface area contributed by atoms with Gasteiger partial charge in [-0.3, -0.25) is 14.6 Å². The highest BCUT2D eigenvalue weighted by Crippen LogP contribution is 2.29. The van der Waals surface area contributed by atoms with Crippen molar-refractivity contribution in [1.82, 2.24) is 29.5 Å². The lowest BCUT2D eigenvalue weighted by Crippen LogP contribution is -2.22. The predicted octanol–water partition coefficient (Wildman–Crippen LogP) is 4.21. The molecule has 150 valence electrons. The highest BCUT2D eigenvalue weighted by molar-refractivity contribution is 6.76. The summed E-state index contributed by atoms with van der Waals surface area (Å²) in [6.45, 7) is 8.20. The van der Waals surface area contributed by atoms with Crippen molar-refractivity contribution >= 4 is 19.0 Å². The maximum absolute atomic E-state index is 5.94. The molecule has 0 N–H and O–H groups in total. The molecule has 7 nitrogen and oxygen atoms in total. The molecule has 0 aliphatic rings. The summed E-state index contributed by atoms with van der Waals surface area (Å²) in [6.07, 6.45) is 7.36. The fourth-order valence-electron chi connectivity index (χ4n) is 3.10. The lowest BCUT2D eigenvalue weighted by Gasteiger charge is -2.15. The molecule has 0 aliphatic heterocycles. The number of hydrogen-bond acceptors (Lipinski definition) is 5. The molecule has 4 heterocycles. The predicted molar refractivity (Wildman–Crippen MR) is 117 cm³/mol. The molecule has 0 amide bonds. The van der Waals surface area contributed by atoms with E-state index < -0.39 is 8.07 Å². The molecule has 29 heavy (non-hydrogen) atoms. The molecule has 0 aliphatic carbocycles. The van der Waals surface area contributed by atoms with Crippen LogP contribution in [-0.4, -0.2) is 44.2 Å². The number of pyridine rings is 2. The van der Waals surface area contributed by atoms with Crippen molar-refractivity contribution in [3.63, 3.8) is 0 Å². The molecule has 0 aromatic carbocycles. The van der Waals surface area contributed by atoms with Gasteiger partial charge in [0, 0.05) is 51.3 Å². The van der Waals surface area contributed by atoms with Gasteiger partial charge in [0.1, 0.15) is 18.1 Å². The first-order valence-corrected chi connectivity index (χ1v) is 13.5. The Labute approximate surface area is 171 Å². The van der Waals surface area contributed by atoms with Crippen LogP contribution in [0.3, 0.4) is 0 Å². The molecular weight excluding hydrogens is 380 g/mol. The van der Waals surface area contributed by atoms with Gasteiger partial charge >= 0.3 is 0 Å². The Kier molecular flexibility index (Phi) is 5.29. The third kappa shape index (κ3) is 4.43. The van der Waals surface area contributed by atoms with Crippen molar-refractivity contribution in [2.45, 2.75) is 32.4 Å². The topological polar surface area (TPSA) is 70.7 Å². The molecular formula is C21H26N6OSi. The molecule has 0 spiro atoms. The highest BCUT2D eigenvalue weighted by Gasteiger charge is 2.17. The molecule has 0 saturated heterocycles. The van der Waals surface area contributed by atoms with Crippen LogP contribution in [0.5, 0.6) is 0 Å². The van der Waals surface area contributed by atoms with E-state index in [9.17, 15) is 0 Å². The zero-order valence-electron chi connectivity index (χ0n) is 17.3. The van der Waals surface area contributed by atoms with Crippen molar-refractivity contribution < 1.29 is 4.74 Å². The lowest BCUT2D eigenvalue weighted by molar-refractivity contribution is 0.0818. The number of fused-ring (bicyclic) bond motifs is 1. The molecule has 4 rings (SSSR count). The van der Waals surface area contributed by atoms with E-state index in [1.54, 1.807) is 10.9 Å². The summed E-state index contributed by atoms with van der Waals surface area (Å²) in [6, 6.07) is 9.08. The first kappa shape index (κ1) is 19.5. The number of hydrogen-bond donors (Lipinski definition) is 0. The van der Waals surface area contributed by atoms with Crippen LogP contribution >= 0.6 is 0 Å². The third-order valence-corrected chi connectivity index (χ3v) is 6.46. The lowest BCUT2D eigenvalue weighted by atomic mass is 10.1. The minimum absolute atomic E-state index is 0.404. The summed E-state index contributed by atoms with van der Waals surface area (Å²) in [5.41, 5.74) is 4.44. The first-order valence-electron chi connectivity index (χ1n) is 9.75. The fourth-order valence-corrected chi connectivity index (χ4v) is 3.86. The highest BCUT2D eigenvalue weighted by atomic mass is 28.3. The molecule has 0 fully saturated rings. The zero-order chi connectivity index (χ0) is 20.4. The summed E-state index contributed by atoms with van der Waals surface area (Å²) >= 11 is 0. The number of aryl methyl sites for hydroxylation is 1. The van der Waals surface area contributed by atoms with Gasteiger partial charge in [0.2, 0.25) is 0 Å². The van der Waals surface area contributed by atoms with Crippen LogP contribution in [0.1, 0.15) is 0 Å². The number of rotatable bonds is 7. The summed E-state index contributed by atoms with van der Waals surface area (Å²) in [7, 11) is 0.783. The Morgan fingerprint density at radius 2 is 1.93 bits per heavy atom. The molecule has 8 heteroatoms. The molecule has 0 unspecified atom stereocenters. The van der Waals surface area contributed by atoms with Crippen molar-refractivity contribution in [2.24, 2.45) is 7.05 Å². The average molecular weight is 407 g/mol. The van der Waals surface area contributed by atoms with Crippen LogP contribution in [0.15, 0.2) is 49.1 Å². The number of ether oxygens (including phenoxy) is 1. The van der Waals surface area contributed by atoms with Gasteiger partial charge in [0.25, 0.3) is 0 Å². The largest absolute Gasteiger partial charge is 0.360 e. The van der Waals surface area contributed by atoms with Crippen LogP contribution < -0.4 is 0 Å². The Bertz CT molecular complexity index is 1110. The Hall–Kier alpha value is -2.84. The average Bonchev–Trinajstić information content (AvgIpc) is 3.28. The molecule has 0 bridgehead atoms. The van der Waals surface area contributed by atoms with Gasteiger partial charge in [0.05, 0.1) is 17.4 Å². The minimum Gasteiger partial charge on any atom is -0.360 e. The standard InChI is InChI=1S/C21H26N6OSi/c1-26-9-7-18(24-26)21-17-12-19(16-6-5-8-22-13-16)23-14-20(17)27(25-21)15-28-10-11-29(2,3)4/h5-9,12-14H,10-11,15H2,1-4H3. The van der Waals surface area contributed by atoms with Gasteiger partial charge in [-0.05, 0) is 30.3 Å². The van der Waals surface area contributed by atoms with Gasteiger partial charge in [-0.1, -0.05) is 19.6 Å². The number of nitrogens with zero attached hydrogens (tertiary/aromatic N) is 6. The third-order valence-electron chi connectivity index (χ3n) is 4.76. The summed E-state index contributed by atoms with van der Waals surface area (Å²) < 4.78 is 9.61. The molecule has 0 atom stereocenters. The van der Waals surface area contributed by atoms with Crippen molar-refractivity contribution in [3.05, 3.63) is 49.1 Å². The van der Waals surface area contributed by atoms with Crippen LogP contribution in [0.2, 0.25) is 25.7 Å². The molecule has 0 saturated carbocycles. The van der Waals surface area contributed by atoms with E-state index in [0.717, 1.165) is 46.2 Å². The van der Waals surface area contributed by atoms with Gasteiger partial charge in [-0.25, -0.2) is 4.68 Å². The van der Waals surface area contributed by atoms with E-state index in [1.807, 2.05) is 48.5 Å². The van der Waals surface area contributed by atoms with Crippen molar-refractivity contribution in [3.8, 4) is 22.6 Å². The van der Waals surface area contributed by atoms with E-state index in [1.165, 1.54) is 0 Å². The van der Waals surface area contributed by atoms with E-state index in [2.05, 4.69) is 40.8 Å². The first-order chi connectivity index (χ1) is 13.9. The van der Waals surface area contributed by atoms with E-state index in [-0.39, 0.29) is 0 Å². The molecule has 4 aromatic rings. The Morgan fingerprint density at radius 1 is 1.07 bits per heavy atom. The van der Waals surface area contributed by atoms with Crippen LogP contribution in [0, 0.1) is 0 Å². The Balaban J connectivity index is 1.71. The van der Waals surface area contributed by atoms with Gasteiger partial charge < -0.3 is 4.74 Å². The normalized spacial score (nSPS) is 12.0. The van der Waals surface area contributed by atoms with Crippen molar-refractivity contribution in [2.75, 3.05) is 6.61 Å². The summed E-state index contributed by atoms with van der Waals surface area (Å²) in [5, 5.41) is 10.4. The number of aromatic nitrogens is 6. The van der Waals surface area contributed by atoms with Gasteiger partial charge in [0.15, 0.2) is 0 Å². The van der Waals surface area contributed by atoms with Gasteiger partial charge in [-0.2, -0.15) is 10.2 Å². The van der Waals surface area contributed by atoms with E-state index >= 15 is 0 Å². The SMILES string of the molecule is Cn1ccc(-c2nn(COCC[Si](C)(C)C)c3cnc(-c4cccnc4)cc23)n1. The summed E-state index contributed by atoms with van der Waals surface area (Å²) in [5.74, 6) is 0. The second-order valence-electron chi connectivity index (χ2n) is 8.40. The maximum atomic E-state index is 5.94. The van der Waals surface area contributed by atoms with Crippen LogP contribution in [0.4, 0.5) is 0 Å². The van der Waals surface area contributed by atoms with Gasteiger partial charge in [-0.15, -0.1) is 0 Å². The Morgan fingerprint density at radius 3 is 2.62 bits per heavy atom. The van der Waals surface area contributed by atoms with Crippen molar-refractivity contribution in [1.29, 1.82) is 0 Å². The van der Waals surface area contributed by atoms with E-state index in [4.69, 9.17) is 9.84 Å².